The summed E-state index contributed by atoms with van der Waals surface area (Å²) in [6.45, 7) is 2.86. The third kappa shape index (κ3) is 5.93. The van der Waals surface area contributed by atoms with Crippen LogP contribution in [0.5, 0.6) is 0 Å². The number of hydrogen-bond acceptors (Lipinski definition) is 5. The van der Waals surface area contributed by atoms with Gasteiger partial charge in [-0.15, -0.1) is 0 Å². The molecular weight excluding hydrogens is 444 g/mol. The van der Waals surface area contributed by atoms with E-state index in [-0.39, 0.29) is 0 Å². The fraction of sp³-hybridized carbons (Fsp3) is 0.455. The van der Waals surface area contributed by atoms with E-state index in [1.54, 1.807) is 6.20 Å². The van der Waals surface area contributed by atoms with Crippen molar-refractivity contribution in [3.63, 3.8) is 0 Å². The minimum Gasteiger partial charge on any atom is -0.421 e. The summed E-state index contributed by atoms with van der Waals surface area (Å²) in [5.41, 5.74) is -12.4. The number of halogens is 6. The first-order chi connectivity index (χ1) is 12.5. The fourth-order valence-electron chi connectivity index (χ4n) is 1.50. The molecule has 9 nitrogen and oxygen atoms in total. The van der Waals surface area contributed by atoms with Gasteiger partial charge in [-0.2, -0.15) is 31.4 Å². The van der Waals surface area contributed by atoms with Crippen LogP contribution in [-0.4, -0.2) is 42.2 Å². The van der Waals surface area contributed by atoms with Gasteiger partial charge in [0.1, 0.15) is 12.4 Å². The van der Waals surface area contributed by atoms with Crippen molar-refractivity contribution >= 4 is 20.0 Å². The molecule has 0 fully saturated rings. The highest BCUT2D eigenvalue weighted by Crippen LogP contribution is 2.36. The lowest BCUT2D eigenvalue weighted by Crippen LogP contribution is -2.30. The smallest absolute Gasteiger partial charge is 0.421 e. The highest BCUT2D eigenvalue weighted by atomic mass is 32.3. The van der Waals surface area contributed by atoms with Gasteiger partial charge in [0, 0.05) is 19.3 Å². The van der Waals surface area contributed by atoms with Crippen molar-refractivity contribution in [2.24, 2.45) is 7.05 Å². The van der Waals surface area contributed by atoms with Crippen molar-refractivity contribution in [2.75, 3.05) is 0 Å². The van der Waals surface area contributed by atoms with E-state index in [0.29, 0.717) is 0 Å². The molecule has 2 rings (SSSR count). The second-order valence-corrected chi connectivity index (χ2v) is 8.45. The molecule has 17 heteroatoms. The Morgan fingerprint density at radius 2 is 1.54 bits per heavy atom. The van der Waals surface area contributed by atoms with E-state index in [2.05, 4.69) is 27.4 Å². The molecule has 0 N–H and O–H groups in total. The van der Waals surface area contributed by atoms with Gasteiger partial charge >= 0.3 is 11.0 Å². The Kier molecular flexibility index (Phi) is 6.89. The summed E-state index contributed by atoms with van der Waals surface area (Å²) in [6.07, 6.45) is 7.84. The van der Waals surface area contributed by atoms with Crippen molar-refractivity contribution < 1.29 is 47.7 Å². The number of nitrogens with zero attached hydrogens (tertiary/aromatic N) is 5. The number of aromatic nitrogens is 4. The number of sulfonamides is 2. The van der Waals surface area contributed by atoms with E-state index >= 15 is 0 Å². The highest BCUT2D eigenvalue weighted by molar-refractivity contribution is 8.13. The summed E-state index contributed by atoms with van der Waals surface area (Å²) in [4.78, 5) is 0. The molecule has 0 aliphatic heterocycles. The number of rotatable bonds is 4. The Hall–Kier alpha value is -2.14. The van der Waals surface area contributed by atoms with Crippen LogP contribution in [0.4, 0.5) is 26.3 Å². The van der Waals surface area contributed by atoms with E-state index in [0.717, 1.165) is 10.8 Å². The van der Waals surface area contributed by atoms with Gasteiger partial charge < -0.3 is 4.13 Å². The molecule has 0 atom stereocenters. The number of hydrogen-bond donors (Lipinski definition) is 0. The fourth-order valence-corrected chi connectivity index (χ4v) is 3.21. The normalized spacial score (nSPS) is 13.1. The third-order valence-electron chi connectivity index (χ3n) is 3.03. The van der Waals surface area contributed by atoms with Crippen LogP contribution >= 0.6 is 0 Å². The highest BCUT2D eigenvalue weighted by Gasteiger charge is 2.46. The summed E-state index contributed by atoms with van der Waals surface area (Å²) in [5, 5.41) is 4.15. The van der Waals surface area contributed by atoms with Crippen LogP contribution < -0.4 is 4.57 Å². The van der Waals surface area contributed by atoms with Crippen LogP contribution in [0.2, 0.25) is 0 Å². The molecule has 0 saturated carbocycles. The lowest BCUT2D eigenvalue weighted by molar-refractivity contribution is -0.677. The van der Waals surface area contributed by atoms with Gasteiger partial charge in [-0.1, -0.05) is 0 Å². The Balaban J connectivity index is 0.000000281. The first-order valence-electron chi connectivity index (χ1n) is 6.83. The van der Waals surface area contributed by atoms with Gasteiger partial charge in [0.2, 0.25) is 0 Å². The topological polar surface area (TPSA) is 109 Å². The minimum absolute atomic E-state index is 0.777. The van der Waals surface area contributed by atoms with Gasteiger partial charge in [0.05, 0.1) is 7.05 Å². The lowest BCUT2D eigenvalue weighted by atomic mass is 10.6. The van der Waals surface area contributed by atoms with Crippen molar-refractivity contribution in [1.29, 1.82) is 0 Å². The first-order valence-corrected chi connectivity index (χ1v) is 9.71. The monoisotopic (exact) mass is 457 g/mol. The molecule has 0 unspecified atom stereocenters. The van der Waals surface area contributed by atoms with Crippen LogP contribution in [0.25, 0.3) is 4.13 Å². The predicted molar refractivity (Wildman–Crippen MR) is 81.3 cm³/mol. The Labute approximate surface area is 155 Å². The molecule has 0 aliphatic rings. The van der Waals surface area contributed by atoms with Crippen LogP contribution in [0, 0.1) is 6.92 Å². The van der Waals surface area contributed by atoms with Gasteiger partial charge in [-0.3, -0.25) is 0 Å². The summed E-state index contributed by atoms with van der Waals surface area (Å²) in [7, 11) is -11.4. The van der Waals surface area contributed by atoms with E-state index in [9.17, 15) is 43.2 Å². The number of aryl methyl sites for hydroxylation is 1. The average molecular weight is 457 g/mol. The van der Waals surface area contributed by atoms with Crippen LogP contribution in [0.15, 0.2) is 30.9 Å². The molecular formula is C11H13F6N5O4S2. The Morgan fingerprint density at radius 3 is 1.86 bits per heavy atom. The maximum Gasteiger partial charge on any atom is 0.480 e. The second-order valence-electron chi connectivity index (χ2n) is 5.03. The Bertz CT molecular complexity index is 951. The molecule has 2 heterocycles. The van der Waals surface area contributed by atoms with Gasteiger partial charge in [-0.25, -0.2) is 30.7 Å². The predicted octanol–water partition coefficient (Wildman–Crippen LogP) is 1.38. The summed E-state index contributed by atoms with van der Waals surface area (Å²) < 4.78 is 115. The van der Waals surface area contributed by atoms with Crippen molar-refractivity contribution in [1.82, 2.24) is 14.3 Å². The summed E-state index contributed by atoms with van der Waals surface area (Å²) in [6, 6.07) is 1.93. The maximum atomic E-state index is 11.4. The zero-order chi connectivity index (χ0) is 22.0. The van der Waals surface area contributed by atoms with E-state index in [4.69, 9.17) is 0 Å². The van der Waals surface area contributed by atoms with E-state index < -0.39 is 31.1 Å². The quantitative estimate of drug-likeness (QED) is 0.509. The van der Waals surface area contributed by atoms with Crippen LogP contribution in [0.1, 0.15) is 5.82 Å². The molecule has 2 aromatic heterocycles. The van der Waals surface area contributed by atoms with Crippen LogP contribution in [-0.2, 0) is 33.8 Å². The molecule has 0 aliphatic carbocycles. The second kappa shape index (κ2) is 8.08. The number of alkyl halides is 6. The maximum absolute atomic E-state index is 11.4. The molecule has 2 aromatic rings. The van der Waals surface area contributed by atoms with E-state index in [1.807, 2.05) is 30.2 Å². The van der Waals surface area contributed by atoms with Crippen molar-refractivity contribution in [3.05, 3.63) is 40.8 Å². The zero-order valence-corrected chi connectivity index (χ0v) is 15.7. The lowest BCUT2D eigenvalue weighted by Gasteiger charge is -2.22. The molecule has 28 heavy (non-hydrogen) atoms. The van der Waals surface area contributed by atoms with Crippen molar-refractivity contribution in [3.8, 4) is 0 Å². The van der Waals surface area contributed by atoms with Gasteiger partial charge in [-0.05, 0) is 6.07 Å². The van der Waals surface area contributed by atoms with Gasteiger partial charge in [0.25, 0.3) is 5.82 Å². The number of imidazole rings is 1. The summed E-state index contributed by atoms with van der Waals surface area (Å²) >= 11 is 0. The average Bonchev–Trinajstić information content (AvgIpc) is 3.10. The van der Waals surface area contributed by atoms with Crippen molar-refractivity contribution in [2.45, 2.75) is 24.6 Å². The molecule has 0 saturated heterocycles. The first kappa shape index (κ1) is 23.9. The molecule has 0 amide bonds. The molecule has 0 bridgehead atoms. The molecule has 0 spiro atoms. The minimum atomic E-state index is -6.72. The van der Waals surface area contributed by atoms with E-state index in [1.165, 1.54) is 5.82 Å². The third-order valence-corrected chi connectivity index (χ3v) is 5.77. The SMILES string of the molecule is Cc1n(Cn2cccn2)cc[n+]1C.O=S(=O)([N-]S(=O)(=O)C(F)(F)F)C(F)(F)F. The largest absolute Gasteiger partial charge is 0.480 e. The summed E-state index contributed by atoms with van der Waals surface area (Å²) in [5.74, 6) is 1.22. The van der Waals surface area contributed by atoms with Gasteiger partial charge in [0.15, 0.2) is 26.7 Å². The Morgan fingerprint density at radius 1 is 1.04 bits per heavy atom. The zero-order valence-electron chi connectivity index (χ0n) is 14.0. The molecule has 0 aromatic carbocycles. The molecule has 160 valence electrons. The standard InChI is InChI=1S/C9H13N4.C2F6NO4S2/c1-9-11(2)6-7-12(9)8-13-5-3-4-10-13;3-1(4,5)14(10,11)9-15(12,13)2(6,7)8/h3-7H,8H2,1-2H3;/q+1;-1. The molecule has 0 radical (unpaired) electrons. The van der Waals surface area contributed by atoms with Crippen LogP contribution in [0.3, 0.4) is 0 Å².